The number of hydrogen-bond donors (Lipinski definition) is 2. The van der Waals surface area contributed by atoms with Gasteiger partial charge < -0.3 is 15.5 Å². The number of nitrogens with one attached hydrogen (secondary N) is 1. The quantitative estimate of drug-likeness (QED) is 0.911. The van der Waals surface area contributed by atoms with Crippen LogP contribution in [0.25, 0.3) is 11.3 Å². The molecule has 0 atom stereocenters. The molecule has 20 heavy (non-hydrogen) atoms. The van der Waals surface area contributed by atoms with Crippen molar-refractivity contribution in [3.8, 4) is 11.3 Å². The zero-order valence-corrected chi connectivity index (χ0v) is 11.9. The fourth-order valence-electron chi connectivity index (χ4n) is 1.83. The SMILES string of the molecule is Cc1ncc(-c2ccc(NC(=O)C3(N)CC3)cc2)o1.Cl. The number of oxazole rings is 1. The van der Waals surface area contributed by atoms with Crippen LogP contribution in [-0.4, -0.2) is 16.4 Å². The minimum Gasteiger partial charge on any atom is -0.441 e. The van der Waals surface area contributed by atoms with E-state index in [1.165, 1.54) is 0 Å². The molecule has 1 heterocycles. The van der Waals surface area contributed by atoms with Crippen molar-refractivity contribution in [1.29, 1.82) is 0 Å². The van der Waals surface area contributed by atoms with Gasteiger partial charge >= 0.3 is 0 Å². The summed E-state index contributed by atoms with van der Waals surface area (Å²) in [7, 11) is 0. The number of halogens is 1. The van der Waals surface area contributed by atoms with Crippen LogP contribution < -0.4 is 11.1 Å². The van der Waals surface area contributed by atoms with Crippen molar-refractivity contribution >= 4 is 24.0 Å². The predicted molar refractivity (Wildman–Crippen MR) is 78.7 cm³/mol. The van der Waals surface area contributed by atoms with Crippen LogP contribution in [0.5, 0.6) is 0 Å². The monoisotopic (exact) mass is 293 g/mol. The summed E-state index contributed by atoms with van der Waals surface area (Å²) in [6.07, 6.45) is 3.20. The Bertz CT molecular complexity index is 618. The number of anilines is 1. The molecule has 106 valence electrons. The van der Waals surface area contributed by atoms with Crippen molar-refractivity contribution < 1.29 is 9.21 Å². The van der Waals surface area contributed by atoms with Gasteiger partial charge in [-0.15, -0.1) is 12.4 Å². The lowest BCUT2D eigenvalue weighted by Gasteiger charge is -2.10. The molecule has 6 heteroatoms. The third-order valence-electron chi connectivity index (χ3n) is 3.29. The standard InChI is InChI=1S/C14H15N3O2.ClH/c1-9-16-8-12(19-9)10-2-4-11(5-3-10)17-13(18)14(15)6-7-14;/h2-5,8H,6-7,15H2,1H3,(H,17,18);1H. The molecular weight excluding hydrogens is 278 g/mol. The summed E-state index contributed by atoms with van der Waals surface area (Å²) in [4.78, 5) is 15.8. The number of nitrogens with two attached hydrogens (primary N) is 1. The third-order valence-corrected chi connectivity index (χ3v) is 3.29. The fourth-order valence-corrected chi connectivity index (χ4v) is 1.83. The van der Waals surface area contributed by atoms with Gasteiger partial charge in [-0.1, -0.05) is 0 Å². The maximum absolute atomic E-state index is 11.8. The number of hydrogen-bond acceptors (Lipinski definition) is 4. The van der Waals surface area contributed by atoms with Crippen molar-refractivity contribution in [2.24, 2.45) is 5.73 Å². The van der Waals surface area contributed by atoms with Crippen LogP contribution in [0.3, 0.4) is 0 Å². The van der Waals surface area contributed by atoms with Crippen molar-refractivity contribution in [1.82, 2.24) is 4.98 Å². The highest BCUT2D eigenvalue weighted by Gasteiger charge is 2.45. The van der Waals surface area contributed by atoms with Gasteiger partial charge in [-0.3, -0.25) is 4.79 Å². The normalized spacial score (nSPS) is 15.3. The van der Waals surface area contributed by atoms with Crippen molar-refractivity contribution in [2.45, 2.75) is 25.3 Å². The van der Waals surface area contributed by atoms with Crippen LogP contribution in [0, 0.1) is 6.92 Å². The molecule has 1 aliphatic rings. The molecule has 5 nitrogen and oxygen atoms in total. The molecule has 1 amide bonds. The first-order valence-electron chi connectivity index (χ1n) is 6.20. The molecule has 1 saturated carbocycles. The second kappa shape index (κ2) is 5.26. The number of carbonyl (C=O) groups is 1. The average Bonchev–Trinajstić information content (AvgIpc) is 3.01. The lowest BCUT2D eigenvalue weighted by molar-refractivity contribution is -0.118. The summed E-state index contributed by atoms with van der Waals surface area (Å²) in [6.45, 7) is 1.80. The Labute approximate surface area is 123 Å². The summed E-state index contributed by atoms with van der Waals surface area (Å²) in [5.41, 5.74) is 6.84. The molecule has 1 fully saturated rings. The van der Waals surface area contributed by atoms with E-state index in [4.69, 9.17) is 10.2 Å². The van der Waals surface area contributed by atoms with E-state index in [0.717, 1.165) is 24.1 Å². The van der Waals surface area contributed by atoms with E-state index in [1.54, 1.807) is 13.1 Å². The zero-order valence-electron chi connectivity index (χ0n) is 11.1. The molecular formula is C14H16ClN3O2. The molecule has 0 aliphatic heterocycles. The lowest BCUT2D eigenvalue weighted by atomic mass is 10.1. The molecule has 1 aromatic carbocycles. The Morgan fingerprint density at radius 2 is 2.00 bits per heavy atom. The highest BCUT2D eigenvalue weighted by atomic mass is 35.5. The maximum atomic E-state index is 11.8. The number of rotatable bonds is 3. The lowest BCUT2D eigenvalue weighted by Crippen LogP contribution is -2.37. The third kappa shape index (κ3) is 2.84. The molecule has 3 N–H and O–H groups in total. The zero-order chi connectivity index (χ0) is 13.5. The Balaban J connectivity index is 0.00000147. The summed E-state index contributed by atoms with van der Waals surface area (Å²) < 4.78 is 5.44. The largest absolute Gasteiger partial charge is 0.441 e. The van der Waals surface area contributed by atoms with E-state index >= 15 is 0 Å². The minimum atomic E-state index is -0.652. The smallest absolute Gasteiger partial charge is 0.244 e. The van der Waals surface area contributed by atoms with Gasteiger partial charge in [0, 0.05) is 18.2 Å². The van der Waals surface area contributed by atoms with E-state index in [0.29, 0.717) is 11.7 Å². The van der Waals surface area contributed by atoms with E-state index in [9.17, 15) is 4.79 Å². The van der Waals surface area contributed by atoms with Gasteiger partial charge in [0.25, 0.3) is 0 Å². The van der Waals surface area contributed by atoms with E-state index in [-0.39, 0.29) is 18.3 Å². The van der Waals surface area contributed by atoms with E-state index < -0.39 is 5.54 Å². The van der Waals surface area contributed by atoms with Crippen molar-refractivity contribution in [2.75, 3.05) is 5.32 Å². The first-order chi connectivity index (χ1) is 9.07. The Kier molecular flexibility index (Phi) is 3.83. The number of aryl methyl sites for hydroxylation is 1. The van der Waals surface area contributed by atoms with Crippen molar-refractivity contribution in [3.63, 3.8) is 0 Å². The number of carbonyl (C=O) groups excluding carboxylic acids is 1. The summed E-state index contributed by atoms with van der Waals surface area (Å²) >= 11 is 0. The van der Waals surface area contributed by atoms with Crippen LogP contribution in [0.4, 0.5) is 5.69 Å². The fraction of sp³-hybridized carbons (Fsp3) is 0.286. The van der Waals surface area contributed by atoms with E-state index in [2.05, 4.69) is 10.3 Å². The molecule has 0 radical (unpaired) electrons. The maximum Gasteiger partial charge on any atom is 0.244 e. The van der Waals surface area contributed by atoms with Gasteiger partial charge in [0.05, 0.1) is 11.7 Å². The first kappa shape index (κ1) is 14.6. The molecule has 0 unspecified atom stereocenters. The Hall–Kier alpha value is -1.85. The second-order valence-electron chi connectivity index (χ2n) is 4.93. The highest BCUT2D eigenvalue weighted by molar-refractivity contribution is 6.00. The van der Waals surface area contributed by atoms with Crippen LogP contribution in [0.2, 0.25) is 0 Å². The van der Waals surface area contributed by atoms with Gasteiger partial charge in [-0.05, 0) is 37.1 Å². The van der Waals surface area contributed by atoms with Crippen LogP contribution in [0.15, 0.2) is 34.9 Å². The molecule has 0 saturated heterocycles. The van der Waals surface area contributed by atoms with Crippen LogP contribution in [0.1, 0.15) is 18.7 Å². The highest BCUT2D eigenvalue weighted by Crippen LogP contribution is 2.33. The average molecular weight is 294 g/mol. The molecule has 3 rings (SSSR count). The summed E-state index contributed by atoms with van der Waals surface area (Å²) in [6, 6.07) is 7.42. The molecule has 2 aromatic rings. The number of nitrogens with zero attached hydrogens (tertiary/aromatic N) is 1. The molecule has 0 bridgehead atoms. The van der Waals surface area contributed by atoms with Gasteiger partial charge in [-0.25, -0.2) is 4.98 Å². The van der Waals surface area contributed by atoms with Gasteiger partial charge in [0.2, 0.25) is 5.91 Å². The number of amides is 1. The Morgan fingerprint density at radius 3 is 2.50 bits per heavy atom. The summed E-state index contributed by atoms with van der Waals surface area (Å²) in [5.74, 6) is 1.23. The topological polar surface area (TPSA) is 81.2 Å². The van der Waals surface area contributed by atoms with Crippen molar-refractivity contribution in [3.05, 3.63) is 36.4 Å². The van der Waals surface area contributed by atoms with E-state index in [1.807, 2.05) is 24.3 Å². The molecule has 0 spiro atoms. The van der Waals surface area contributed by atoms with Crippen LogP contribution >= 0.6 is 12.4 Å². The van der Waals surface area contributed by atoms with Crippen LogP contribution in [-0.2, 0) is 4.79 Å². The number of benzene rings is 1. The van der Waals surface area contributed by atoms with Gasteiger partial charge in [-0.2, -0.15) is 0 Å². The first-order valence-corrected chi connectivity index (χ1v) is 6.20. The Morgan fingerprint density at radius 1 is 1.35 bits per heavy atom. The minimum absolute atomic E-state index is 0. The van der Waals surface area contributed by atoms with Gasteiger partial charge in [0.15, 0.2) is 11.7 Å². The molecule has 1 aliphatic carbocycles. The number of aromatic nitrogens is 1. The second-order valence-corrected chi connectivity index (χ2v) is 4.93. The van der Waals surface area contributed by atoms with Gasteiger partial charge in [0.1, 0.15) is 0 Å². The molecule has 1 aromatic heterocycles. The predicted octanol–water partition coefficient (Wildman–Crippen LogP) is 2.50. The summed E-state index contributed by atoms with van der Waals surface area (Å²) in [5, 5.41) is 2.82.